The van der Waals surface area contributed by atoms with Crippen LogP contribution in [-0.4, -0.2) is 41.8 Å². The SMILES string of the molecule is CN(C)C(=O)[C@H](Cc1ccccc1)NC(=O)c1cc2c(Br)c(Br)sc2[nH]1. The van der Waals surface area contributed by atoms with Crippen LogP contribution in [0.2, 0.25) is 0 Å². The van der Waals surface area contributed by atoms with Crippen molar-refractivity contribution in [1.29, 1.82) is 0 Å². The van der Waals surface area contributed by atoms with Crippen molar-refractivity contribution in [1.82, 2.24) is 15.2 Å². The minimum absolute atomic E-state index is 0.139. The molecule has 0 aliphatic rings. The summed E-state index contributed by atoms with van der Waals surface area (Å²) >= 11 is 8.47. The van der Waals surface area contributed by atoms with Crippen molar-refractivity contribution in [3.8, 4) is 0 Å². The number of hydrogen-bond donors (Lipinski definition) is 2. The summed E-state index contributed by atoms with van der Waals surface area (Å²) in [6.07, 6.45) is 0.438. The van der Waals surface area contributed by atoms with Gasteiger partial charge in [0.05, 0.1) is 8.26 Å². The number of rotatable bonds is 5. The molecular weight excluding hydrogens is 482 g/mol. The first-order valence-corrected chi connectivity index (χ1v) is 10.3. The predicted molar refractivity (Wildman–Crippen MR) is 112 cm³/mol. The summed E-state index contributed by atoms with van der Waals surface area (Å²) in [7, 11) is 3.37. The molecule has 8 heteroatoms. The van der Waals surface area contributed by atoms with Crippen molar-refractivity contribution in [2.75, 3.05) is 14.1 Å². The van der Waals surface area contributed by atoms with E-state index in [1.807, 2.05) is 30.3 Å². The Morgan fingerprint density at radius 2 is 1.92 bits per heavy atom. The number of aromatic nitrogens is 1. The van der Waals surface area contributed by atoms with Crippen LogP contribution in [0, 0.1) is 0 Å². The fourth-order valence-electron chi connectivity index (χ4n) is 2.64. The number of fused-ring (bicyclic) bond motifs is 1. The van der Waals surface area contributed by atoms with Gasteiger partial charge >= 0.3 is 0 Å². The standard InChI is InChI=1S/C18H17Br2N3O2S/c1-23(2)18(25)13(8-10-6-4-3-5-7-10)21-16(24)12-9-11-14(19)15(20)26-17(11)22-12/h3-7,9,13,22H,8H2,1-2H3,(H,21,24)/t13-/m0/s1. The van der Waals surface area contributed by atoms with Gasteiger partial charge < -0.3 is 15.2 Å². The maximum absolute atomic E-state index is 12.7. The summed E-state index contributed by atoms with van der Waals surface area (Å²) in [4.78, 5) is 30.7. The lowest BCUT2D eigenvalue weighted by Gasteiger charge is -2.21. The molecule has 26 heavy (non-hydrogen) atoms. The van der Waals surface area contributed by atoms with Gasteiger partial charge in [0.15, 0.2) is 0 Å². The van der Waals surface area contributed by atoms with Crippen molar-refractivity contribution in [2.45, 2.75) is 12.5 Å². The average molecular weight is 499 g/mol. The second-order valence-corrected chi connectivity index (χ2v) is 9.20. The van der Waals surface area contributed by atoms with Crippen LogP contribution in [0.4, 0.5) is 0 Å². The minimum Gasteiger partial charge on any atom is -0.347 e. The van der Waals surface area contributed by atoms with Crippen LogP contribution in [-0.2, 0) is 11.2 Å². The number of H-pyrrole nitrogens is 1. The number of amides is 2. The number of carbonyl (C=O) groups is 2. The molecule has 0 saturated heterocycles. The predicted octanol–water partition coefficient (Wildman–Crippen LogP) is 4.18. The molecule has 5 nitrogen and oxygen atoms in total. The molecule has 0 aliphatic carbocycles. The first kappa shape index (κ1) is 19.1. The van der Waals surface area contributed by atoms with Gasteiger partial charge in [0, 0.05) is 25.9 Å². The lowest BCUT2D eigenvalue weighted by molar-refractivity contribution is -0.130. The molecule has 0 saturated carbocycles. The largest absolute Gasteiger partial charge is 0.347 e. The van der Waals surface area contributed by atoms with Crippen LogP contribution in [0.15, 0.2) is 44.7 Å². The van der Waals surface area contributed by atoms with Crippen LogP contribution < -0.4 is 5.32 Å². The van der Waals surface area contributed by atoms with E-state index in [0.717, 1.165) is 24.0 Å². The van der Waals surface area contributed by atoms with E-state index in [2.05, 4.69) is 42.2 Å². The lowest BCUT2D eigenvalue weighted by atomic mass is 10.0. The molecule has 0 aliphatic heterocycles. The first-order chi connectivity index (χ1) is 12.4. The number of benzene rings is 1. The zero-order valence-corrected chi connectivity index (χ0v) is 18.2. The van der Waals surface area contributed by atoms with Crippen molar-refractivity contribution in [3.63, 3.8) is 0 Å². The Kier molecular flexibility index (Phi) is 5.84. The molecular formula is C18H17Br2N3O2S. The van der Waals surface area contributed by atoms with E-state index < -0.39 is 6.04 Å². The molecule has 3 rings (SSSR count). The highest BCUT2D eigenvalue weighted by atomic mass is 79.9. The second-order valence-electron chi connectivity index (χ2n) is 6.06. The van der Waals surface area contributed by atoms with E-state index in [0.29, 0.717) is 12.1 Å². The van der Waals surface area contributed by atoms with E-state index >= 15 is 0 Å². The molecule has 2 amide bonds. The van der Waals surface area contributed by atoms with Crippen LogP contribution >= 0.6 is 43.2 Å². The molecule has 136 valence electrons. The van der Waals surface area contributed by atoms with Gasteiger partial charge in [-0.2, -0.15) is 0 Å². The second kappa shape index (κ2) is 7.94. The molecule has 0 unspecified atom stereocenters. The third kappa shape index (κ3) is 4.02. The number of likely N-dealkylation sites (N-methyl/N-ethyl adjacent to an activating group) is 1. The number of halogens is 2. The summed E-state index contributed by atoms with van der Waals surface area (Å²) in [6.45, 7) is 0. The fourth-order valence-corrected chi connectivity index (χ4v) is 4.84. The van der Waals surface area contributed by atoms with Crippen molar-refractivity contribution >= 4 is 65.2 Å². The smallest absolute Gasteiger partial charge is 0.268 e. The van der Waals surface area contributed by atoms with Crippen molar-refractivity contribution in [3.05, 3.63) is 55.9 Å². The van der Waals surface area contributed by atoms with Crippen LogP contribution in [0.25, 0.3) is 10.2 Å². The van der Waals surface area contributed by atoms with E-state index in [4.69, 9.17) is 0 Å². The number of nitrogens with zero attached hydrogens (tertiary/aromatic N) is 1. The Morgan fingerprint density at radius 3 is 2.54 bits per heavy atom. The zero-order valence-electron chi connectivity index (χ0n) is 14.2. The molecule has 2 N–H and O–H groups in total. The highest BCUT2D eigenvalue weighted by Gasteiger charge is 2.24. The monoisotopic (exact) mass is 497 g/mol. The van der Waals surface area contributed by atoms with Gasteiger partial charge in [0.1, 0.15) is 16.6 Å². The van der Waals surface area contributed by atoms with E-state index in [-0.39, 0.29) is 11.8 Å². The third-order valence-electron chi connectivity index (χ3n) is 3.95. The Morgan fingerprint density at radius 1 is 1.23 bits per heavy atom. The summed E-state index contributed by atoms with van der Waals surface area (Å²) in [5.41, 5.74) is 1.43. The summed E-state index contributed by atoms with van der Waals surface area (Å²) in [5, 5.41) is 3.80. The Hall–Kier alpha value is -1.64. The topological polar surface area (TPSA) is 65.2 Å². The number of carbonyl (C=O) groups excluding carboxylic acids is 2. The van der Waals surface area contributed by atoms with E-state index in [9.17, 15) is 9.59 Å². The van der Waals surface area contributed by atoms with E-state index in [1.165, 1.54) is 16.2 Å². The summed E-state index contributed by atoms with van der Waals surface area (Å²) < 4.78 is 1.88. The molecule has 0 radical (unpaired) electrons. The zero-order chi connectivity index (χ0) is 18.8. The highest BCUT2D eigenvalue weighted by Crippen LogP contribution is 2.39. The van der Waals surface area contributed by atoms with Crippen LogP contribution in [0.5, 0.6) is 0 Å². The fraction of sp³-hybridized carbons (Fsp3) is 0.222. The first-order valence-electron chi connectivity index (χ1n) is 7.89. The third-order valence-corrected chi connectivity index (χ3v) is 7.36. The highest BCUT2D eigenvalue weighted by molar-refractivity contribution is 9.13. The Balaban J connectivity index is 1.82. The van der Waals surface area contributed by atoms with Gasteiger partial charge in [0.25, 0.3) is 5.91 Å². The molecule has 1 aromatic carbocycles. The minimum atomic E-state index is -0.628. The molecule has 3 aromatic rings. The lowest BCUT2D eigenvalue weighted by Crippen LogP contribution is -2.47. The molecule has 2 aromatic heterocycles. The maximum Gasteiger partial charge on any atom is 0.268 e. The quantitative estimate of drug-likeness (QED) is 0.554. The van der Waals surface area contributed by atoms with Gasteiger partial charge in [-0.05, 0) is 43.5 Å². The van der Waals surface area contributed by atoms with Gasteiger partial charge in [0.2, 0.25) is 5.91 Å². The maximum atomic E-state index is 12.7. The van der Waals surface area contributed by atoms with Gasteiger partial charge in [-0.3, -0.25) is 9.59 Å². The number of thiophene rings is 1. The van der Waals surface area contributed by atoms with Crippen LogP contribution in [0.3, 0.4) is 0 Å². The molecule has 0 fully saturated rings. The molecule has 0 spiro atoms. The normalized spacial score (nSPS) is 12.2. The van der Waals surface area contributed by atoms with Crippen molar-refractivity contribution in [2.24, 2.45) is 0 Å². The Bertz CT molecular complexity index is 950. The van der Waals surface area contributed by atoms with Gasteiger partial charge in [-0.1, -0.05) is 30.3 Å². The molecule has 0 bridgehead atoms. The number of hydrogen-bond acceptors (Lipinski definition) is 3. The number of nitrogens with one attached hydrogen (secondary N) is 2. The number of aromatic amines is 1. The molecule has 2 heterocycles. The van der Waals surface area contributed by atoms with E-state index in [1.54, 1.807) is 20.2 Å². The summed E-state index contributed by atoms with van der Waals surface area (Å²) in [5.74, 6) is -0.438. The van der Waals surface area contributed by atoms with Crippen molar-refractivity contribution < 1.29 is 9.59 Å². The Labute approximate surface area is 172 Å². The van der Waals surface area contributed by atoms with Gasteiger partial charge in [-0.25, -0.2) is 0 Å². The average Bonchev–Trinajstić information content (AvgIpc) is 3.14. The van der Waals surface area contributed by atoms with Crippen LogP contribution in [0.1, 0.15) is 16.1 Å². The summed E-state index contributed by atoms with van der Waals surface area (Å²) in [6, 6.07) is 10.8. The van der Waals surface area contributed by atoms with Gasteiger partial charge in [-0.15, -0.1) is 11.3 Å². The molecule has 1 atom stereocenters.